The van der Waals surface area contributed by atoms with Gasteiger partial charge in [0.25, 0.3) is 5.91 Å². The van der Waals surface area contributed by atoms with Crippen LogP contribution in [0.5, 0.6) is 0 Å². The molecule has 0 atom stereocenters. The molecule has 0 aliphatic heterocycles. The molecule has 3 nitrogen and oxygen atoms in total. The number of amides is 1. The molecule has 0 saturated carbocycles. The fraction of sp³-hybridized carbons (Fsp3) is 0.125. The second-order valence-electron chi connectivity index (χ2n) is 2.54. The van der Waals surface area contributed by atoms with E-state index >= 15 is 0 Å². The van der Waals surface area contributed by atoms with Crippen LogP contribution in [0.15, 0.2) is 22.7 Å². The van der Waals surface area contributed by atoms with E-state index in [1.807, 2.05) is 0 Å². The van der Waals surface area contributed by atoms with Gasteiger partial charge in [-0.2, -0.15) is 0 Å². The van der Waals surface area contributed by atoms with Crippen LogP contribution in [0, 0.1) is 5.82 Å². The minimum absolute atomic E-state index is 0.0422. The van der Waals surface area contributed by atoms with Crippen LogP contribution < -0.4 is 5.84 Å². The Hall–Kier alpha value is -0.940. The van der Waals surface area contributed by atoms with Crippen molar-refractivity contribution in [3.8, 4) is 0 Å². The minimum atomic E-state index is -0.578. The van der Waals surface area contributed by atoms with Crippen molar-refractivity contribution in [3.63, 3.8) is 0 Å². The van der Waals surface area contributed by atoms with E-state index in [9.17, 15) is 9.18 Å². The number of hydrogen-bond donors (Lipinski definition) is 1. The second kappa shape index (κ2) is 3.85. The van der Waals surface area contributed by atoms with Gasteiger partial charge in [0.1, 0.15) is 5.82 Å². The van der Waals surface area contributed by atoms with Crippen molar-refractivity contribution >= 4 is 21.8 Å². The lowest BCUT2D eigenvalue weighted by atomic mass is 10.2. The van der Waals surface area contributed by atoms with E-state index in [1.165, 1.54) is 25.2 Å². The van der Waals surface area contributed by atoms with Crippen LogP contribution in [-0.2, 0) is 0 Å². The van der Waals surface area contributed by atoms with Gasteiger partial charge in [-0.05, 0) is 18.2 Å². The Balaban J connectivity index is 3.13. The smallest absolute Gasteiger partial charge is 0.270 e. The number of halogens is 2. The first-order valence-corrected chi connectivity index (χ1v) is 4.29. The molecule has 0 saturated heterocycles. The van der Waals surface area contributed by atoms with Crippen molar-refractivity contribution in [3.05, 3.63) is 34.1 Å². The van der Waals surface area contributed by atoms with Crippen molar-refractivity contribution < 1.29 is 9.18 Å². The van der Waals surface area contributed by atoms with E-state index in [0.717, 1.165) is 5.01 Å². The summed E-state index contributed by atoms with van der Waals surface area (Å²) in [6.45, 7) is 0. The van der Waals surface area contributed by atoms with Crippen molar-refractivity contribution in [2.24, 2.45) is 5.84 Å². The van der Waals surface area contributed by atoms with Crippen LogP contribution >= 0.6 is 15.9 Å². The molecule has 1 aromatic carbocycles. The van der Waals surface area contributed by atoms with Crippen molar-refractivity contribution in [1.82, 2.24) is 5.01 Å². The summed E-state index contributed by atoms with van der Waals surface area (Å²) in [4.78, 5) is 11.3. The minimum Gasteiger partial charge on any atom is -0.280 e. The Kier molecular flexibility index (Phi) is 3.00. The van der Waals surface area contributed by atoms with Gasteiger partial charge in [-0.15, -0.1) is 0 Å². The maximum absolute atomic E-state index is 13.1. The topological polar surface area (TPSA) is 46.3 Å². The van der Waals surface area contributed by atoms with E-state index < -0.39 is 11.7 Å². The van der Waals surface area contributed by atoms with Crippen LogP contribution in [0.4, 0.5) is 4.39 Å². The van der Waals surface area contributed by atoms with E-state index in [4.69, 9.17) is 5.84 Å². The molecule has 5 heteroatoms. The Morgan fingerprint density at radius 2 is 2.23 bits per heavy atom. The first-order chi connectivity index (χ1) is 6.02. The molecule has 0 heterocycles. The number of benzene rings is 1. The monoisotopic (exact) mass is 246 g/mol. The average Bonchev–Trinajstić information content (AvgIpc) is 2.08. The second-order valence-corrected chi connectivity index (χ2v) is 3.46. The van der Waals surface area contributed by atoms with E-state index in [1.54, 1.807) is 0 Å². The van der Waals surface area contributed by atoms with Crippen LogP contribution in [0.1, 0.15) is 10.4 Å². The molecular weight excluding hydrogens is 239 g/mol. The zero-order valence-electron chi connectivity index (χ0n) is 6.92. The van der Waals surface area contributed by atoms with Gasteiger partial charge in [-0.3, -0.25) is 9.80 Å². The highest BCUT2D eigenvalue weighted by molar-refractivity contribution is 9.10. The highest BCUT2D eigenvalue weighted by Crippen LogP contribution is 2.16. The van der Waals surface area contributed by atoms with Crippen molar-refractivity contribution in [2.75, 3.05) is 7.05 Å². The number of nitrogens with two attached hydrogens (primary N) is 1. The fourth-order valence-corrected chi connectivity index (χ4v) is 1.21. The zero-order valence-corrected chi connectivity index (χ0v) is 8.51. The van der Waals surface area contributed by atoms with Gasteiger partial charge in [0.05, 0.1) is 5.56 Å². The summed E-state index contributed by atoms with van der Waals surface area (Å²) in [5.41, 5.74) is -0.0422. The molecule has 1 aromatic rings. The summed E-state index contributed by atoms with van der Waals surface area (Å²) in [7, 11) is 1.36. The first kappa shape index (κ1) is 10.1. The van der Waals surface area contributed by atoms with Crippen molar-refractivity contribution in [1.29, 1.82) is 0 Å². The molecule has 0 aliphatic carbocycles. The van der Waals surface area contributed by atoms with Crippen LogP contribution in [0.25, 0.3) is 0 Å². The maximum atomic E-state index is 13.1. The third-order valence-electron chi connectivity index (χ3n) is 1.48. The molecule has 0 aromatic heterocycles. The van der Waals surface area contributed by atoms with Crippen LogP contribution in [0.3, 0.4) is 0 Å². The normalized spacial score (nSPS) is 9.85. The highest BCUT2D eigenvalue weighted by atomic mass is 79.9. The lowest BCUT2D eigenvalue weighted by molar-refractivity contribution is 0.0790. The van der Waals surface area contributed by atoms with Crippen LogP contribution in [0.2, 0.25) is 0 Å². The van der Waals surface area contributed by atoms with Crippen molar-refractivity contribution in [2.45, 2.75) is 0 Å². The summed E-state index contributed by atoms with van der Waals surface area (Å²) >= 11 is 3.14. The predicted octanol–water partition coefficient (Wildman–Crippen LogP) is 1.53. The summed E-state index contributed by atoms with van der Waals surface area (Å²) in [6.07, 6.45) is 0. The lowest BCUT2D eigenvalue weighted by Crippen LogP contribution is -2.33. The SMILES string of the molecule is CN(N)C(=O)c1cc(Br)ccc1F. The fourth-order valence-electron chi connectivity index (χ4n) is 0.851. The van der Waals surface area contributed by atoms with Gasteiger partial charge in [0.2, 0.25) is 0 Å². The van der Waals surface area contributed by atoms with Gasteiger partial charge in [-0.1, -0.05) is 15.9 Å². The standard InChI is InChI=1S/C8H8BrFN2O/c1-12(11)8(13)6-4-5(9)2-3-7(6)10/h2-4H,11H2,1H3. The Bertz CT molecular complexity index is 341. The summed E-state index contributed by atoms with van der Waals surface area (Å²) in [6, 6.07) is 4.12. The molecular formula is C8H8BrFN2O. The number of hydrogen-bond acceptors (Lipinski definition) is 2. The zero-order chi connectivity index (χ0) is 10.0. The first-order valence-electron chi connectivity index (χ1n) is 3.50. The van der Waals surface area contributed by atoms with Gasteiger partial charge < -0.3 is 0 Å². The van der Waals surface area contributed by atoms with Crippen LogP contribution in [-0.4, -0.2) is 18.0 Å². The molecule has 0 unspecified atom stereocenters. The summed E-state index contributed by atoms with van der Waals surface area (Å²) in [5.74, 6) is 4.05. The third kappa shape index (κ3) is 2.26. The highest BCUT2D eigenvalue weighted by Gasteiger charge is 2.13. The molecule has 1 amide bonds. The van der Waals surface area contributed by atoms with Gasteiger partial charge >= 0.3 is 0 Å². The third-order valence-corrected chi connectivity index (χ3v) is 1.97. The van der Waals surface area contributed by atoms with Gasteiger partial charge in [0, 0.05) is 11.5 Å². The Morgan fingerprint density at radius 1 is 1.62 bits per heavy atom. The average molecular weight is 247 g/mol. The molecule has 13 heavy (non-hydrogen) atoms. The molecule has 70 valence electrons. The van der Waals surface area contributed by atoms with E-state index in [-0.39, 0.29) is 5.56 Å². The number of rotatable bonds is 1. The molecule has 1 rings (SSSR count). The van der Waals surface area contributed by atoms with E-state index in [2.05, 4.69) is 15.9 Å². The Labute approximate surface area is 83.4 Å². The van der Waals surface area contributed by atoms with E-state index in [0.29, 0.717) is 4.47 Å². The Morgan fingerprint density at radius 3 is 2.77 bits per heavy atom. The molecule has 0 spiro atoms. The number of carbonyl (C=O) groups excluding carboxylic acids is 1. The lowest BCUT2D eigenvalue weighted by Gasteiger charge is -2.10. The molecule has 0 bridgehead atoms. The summed E-state index contributed by atoms with van der Waals surface area (Å²) in [5, 5.41) is 0.838. The molecule has 0 aliphatic rings. The molecule has 0 radical (unpaired) electrons. The van der Waals surface area contributed by atoms with Gasteiger partial charge in [-0.25, -0.2) is 10.2 Å². The maximum Gasteiger partial charge on any atom is 0.270 e. The number of hydrazine groups is 1. The summed E-state index contributed by atoms with van der Waals surface area (Å²) < 4.78 is 13.7. The number of nitrogens with zero attached hydrogens (tertiary/aromatic N) is 1. The molecule has 2 N–H and O–H groups in total. The molecule has 0 fully saturated rings. The quantitative estimate of drug-likeness (QED) is 0.464. The largest absolute Gasteiger partial charge is 0.280 e. The van der Waals surface area contributed by atoms with Gasteiger partial charge in [0.15, 0.2) is 0 Å². The number of carbonyl (C=O) groups is 1. The predicted molar refractivity (Wildman–Crippen MR) is 50.4 cm³/mol.